The molecular formula is C16H17N5O7S2. The van der Waals surface area contributed by atoms with E-state index in [-0.39, 0.29) is 22.9 Å². The summed E-state index contributed by atoms with van der Waals surface area (Å²) < 4.78 is 5.14. The number of nitrogens with one attached hydrogen (secondary N) is 2. The van der Waals surface area contributed by atoms with Crippen molar-refractivity contribution < 1.29 is 33.8 Å². The van der Waals surface area contributed by atoms with E-state index in [1.54, 1.807) is 5.38 Å². The molecule has 2 aliphatic heterocycles. The fourth-order valence-corrected chi connectivity index (χ4v) is 5.00. The summed E-state index contributed by atoms with van der Waals surface area (Å²) in [5.74, 6) is -3.31. The second-order valence-corrected chi connectivity index (χ2v) is 8.26. The van der Waals surface area contributed by atoms with Crippen LogP contribution >= 0.6 is 23.1 Å². The van der Waals surface area contributed by atoms with Crippen LogP contribution in [0.4, 0.5) is 5.13 Å². The van der Waals surface area contributed by atoms with Crippen LogP contribution < -0.4 is 16.4 Å². The molecule has 0 bridgehead atoms. The molecule has 2 aliphatic rings. The molecule has 14 heteroatoms. The Balaban J connectivity index is 1.86. The predicted octanol–water partition coefficient (Wildman–Crippen LogP) is -1.36. The number of hydrogen-bond acceptors (Lipinski definition) is 10. The number of β-lactam (4-membered cyclic amide) rings is 1. The Kier molecular flexibility index (Phi) is 6.26. The second-order valence-electron chi connectivity index (χ2n) is 6.26. The molecule has 0 spiro atoms. The lowest BCUT2D eigenvalue weighted by Gasteiger charge is -2.49. The number of thiazole rings is 1. The van der Waals surface area contributed by atoms with Gasteiger partial charge in [0.25, 0.3) is 5.91 Å². The zero-order valence-electron chi connectivity index (χ0n) is 15.5. The first-order valence-electron chi connectivity index (χ1n) is 8.50. The standard InChI is InChI=1S/C16H17N5O7S2/c1-6(23)28-12(20-9(24)2-7-3-30-16(17)19-7)8-4-29-14-10(18-5-22)13(25)21(14)11(8)15(26)27/h3,5,10,12,14H,2,4H2,1H3,(H2,17,19)(H,18,22)(H,20,24)(H,26,27)/t10-,12?,14+/m0/s1. The van der Waals surface area contributed by atoms with Crippen LogP contribution in [0.2, 0.25) is 0 Å². The number of thioether (sulfide) groups is 1. The quantitative estimate of drug-likeness (QED) is 0.158. The highest BCUT2D eigenvalue weighted by atomic mass is 32.2. The first kappa shape index (κ1) is 21.6. The predicted molar refractivity (Wildman–Crippen MR) is 105 cm³/mol. The minimum Gasteiger partial charge on any atom is -0.477 e. The third-order valence-corrected chi connectivity index (χ3v) is 6.28. The van der Waals surface area contributed by atoms with Crippen molar-refractivity contribution in [1.29, 1.82) is 0 Å². The molecule has 1 aromatic rings. The third-order valence-electron chi connectivity index (χ3n) is 4.25. The second kappa shape index (κ2) is 8.71. The number of amides is 3. The van der Waals surface area contributed by atoms with Crippen molar-refractivity contribution in [2.75, 3.05) is 11.5 Å². The van der Waals surface area contributed by atoms with Crippen LogP contribution in [0.15, 0.2) is 16.7 Å². The molecule has 0 radical (unpaired) electrons. The first-order valence-corrected chi connectivity index (χ1v) is 10.4. The van der Waals surface area contributed by atoms with E-state index in [4.69, 9.17) is 10.5 Å². The lowest BCUT2D eigenvalue weighted by atomic mass is 10.0. The minimum atomic E-state index is -1.42. The number of carbonyl (C=O) groups is 5. The van der Waals surface area contributed by atoms with Crippen LogP contribution in [0.3, 0.4) is 0 Å². The van der Waals surface area contributed by atoms with Gasteiger partial charge in [0, 0.05) is 23.6 Å². The Morgan fingerprint density at radius 1 is 1.50 bits per heavy atom. The van der Waals surface area contributed by atoms with Gasteiger partial charge in [0.2, 0.25) is 18.5 Å². The molecule has 3 rings (SSSR count). The van der Waals surface area contributed by atoms with E-state index in [0.717, 1.165) is 23.2 Å². The summed E-state index contributed by atoms with van der Waals surface area (Å²) in [7, 11) is 0. The fourth-order valence-electron chi connectivity index (χ4n) is 3.06. The number of aromatic nitrogens is 1. The SMILES string of the molecule is CC(=O)OC(NC(=O)Cc1csc(N)n1)C1=C(C(=O)O)N2C(=O)[C@H](NC=O)[C@H]2SC1. The van der Waals surface area contributed by atoms with E-state index >= 15 is 0 Å². The van der Waals surface area contributed by atoms with Gasteiger partial charge >= 0.3 is 11.9 Å². The van der Waals surface area contributed by atoms with Gasteiger partial charge in [0.1, 0.15) is 17.1 Å². The third kappa shape index (κ3) is 4.23. The van der Waals surface area contributed by atoms with E-state index in [9.17, 15) is 29.1 Å². The number of esters is 1. The van der Waals surface area contributed by atoms with Gasteiger partial charge in [-0.3, -0.25) is 24.1 Å². The van der Waals surface area contributed by atoms with E-state index in [1.807, 2.05) is 0 Å². The lowest BCUT2D eigenvalue weighted by molar-refractivity contribution is -0.151. The van der Waals surface area contributed by atoms with Crippen molar-refractivity contribution in [2.24, 2.45) is 0 Å². The number of nitrogens with zero attached hydrogens (tertiary/aromatic N) is 2. The summed E-state index contributed by atoms with van der Waals surface area (Å²) in [5.41, 5.74) is 5.60. The summed E-state index contributed by atoms with van der Waals surface area (Å²) >= 11 is 2.33. The van der Waals surface area contributed by atoms with Crippen molar-refractivity contribution in [3.63, 3.8) is 0 Å². The number of carboxylic acids is 1. The van der Waals surface area contributed by atoms with Gasteiger partial charge in [0.15, 0.2) is 5.13 Å². The zero-order chi connectivity index (χ0) is 22.0. The molecule has 3 atom stereocenters. The van der Waals surface area contributed by atoms with Gasteiger partial charge in [-0.25, -0.2) is 9.78 Å². The molecule has 1 fully saturated rings. The molecule has 160 valence electrons. The number of rotatable bonds is 8. The summed E-state index contributed by atoms with van der Waals surface area (Å²) in [6, 6.07) is -0.847. The zero-order valence-corrected chi connectivity index (χ0v) is 17.1. The molecule has 5 N–H and O–H groups in total. The van der Waals surface area contributed by atoms with E-state index in [2.05, 4.69) is 15.6 Å². The van der Waals surface area contributed by atoms with Crippen LogP contribution in [-0.4, -0.2) is 68.5 Å². The van der Waals surface area contributed by atoms with Gasteiger partial charge in [-0.1, -0.05) is 0 Å². The molecular weight excluding hydrogens is 438 g/mol. The Hall–Kier alpha value is -3.13. The summed E-state index contributed by atoms with van der Waals surface area (Å²) in [5, 5.41) is 15.8. The Labute approximate surface area is 177 Å². The molecule has 12 nitrogen and oxygen atoms in total. The number of fused-ring (bicyclic) bond motifs is 1. The smallest absolute Gasteiger partial charge is 0.352 e. The maximum atomic E-state index is 12.4. The normalized spacial score (nSPS) is 21.2. The fraction of sp³-hybridized carbons (Fsp3) is 0.375. The monoisotopic (exact) mass is 455 g/mol. The summed E-state index contributed by atoms with van der Waals surface area (Å²) in [4.78, 5) is 63.9. The average Bonchev–Trinajstić information content (AvgIpc) is 3.08. The molecule has 0 aromatic carbocycles. The summed E-state index contributed by atoms with van der Waals surface area (Å²) in [6.45, 7) is 1.11. The van der Waals surface area contributed by atoms with E-state index in [1.165, 1.54) is 11.8 Å². The maximum Gasteiger partial charge on any atom is 0.352 e. The summed E-state index contributed by atoms with van der Waals surface area (Å²) in [6.07, 6.45) is -1.19. The average molecular weight is 455 g/mol. The van der Waals surface area contributed by atoms with Crippen molar-refractivity contribution in [1.82, 2.24) is 20.5 Å². The molecule has 0 saturated carbocycles. The van der Waals surface area contributed by atoms with Crippen molar-refractivity contribution in [3.8, 4) is 0 Å². The lowest BCUT2D eigenvalue weighted by Crippen LogP contribution is -2.70. The number of hydrogen-bond donors (Lipinski definition) is 4. The Morgan fingerprint density at radius 3 is 2.80 bits per heavy atom. The van der Waals surface area contributed by atoms with E-state index < -0.39 is 47.1 Å². The van der Waals surface area contributed by atoms with Gasteiger partial charge in [-0.2, -0.15) is 0 Å². The van der Waals surface area contributed by atoms with Gasteiger partial charge in [0.05, 0.1) is 12.1 Å². The number of carbonyl (C=O) groups excluding carboxylic acids is 4. The van der Waals surface area contributed by atoms with Gasteiger partial charge < -0.3 is 26.2 Å². The Bertz CT molecular complexity index is 946. The van der Waals surface area contributed by atoms with Crippen LogP contribution in [0, 0.1) is 0 Å². The van der Waals surface area contributed by atoms with Gasteiger partial charge in [-0.05, 0) is 0 Å². The van der Waals surface area contributed by atoms with Crippen molar-refractivity contribution in [2.45, 2.75) is 31.0 Å². The number of ether oxygens (including phenoxy) is 1. The van der Waals surface area contributed by atoms with Gasteiger partial charge in [-0.15, -0.1) is 23.1 Å². The van der Waals surface area contributed by atoms with Crippen LogP contribution in [-0.2, 0) is 35.1 Å². The molecule has 0 aliphatic carbocycles. The number of carboxylic acid groups (broad SMARTS) is 1. The Morgan fingerprint density at radius 2 is 2.23 bits per heavy atom. The molecule has 3 amide bonds. The highest BCUT2D eigenvalue weighted by Gasteiger charge is 2.54. The number of nitrogen functional groups attached to an aromatic ring is 1. The highest BCUT2D eigenvalue weighted by molar-refractivity contribution is 8.00. The molecule has 1 saturated heterocycles. The molecule has 1 aromatic heterocycles. The topological polar surface area (TPSA) is 181 Å². The number of nitrogens with two attached hydrogens (primary N) is 1. The van der Waals surface area contributed by atoms with Crippen molar-refractivity contribution in [3.05, 3.63) is 22.3 Å². The first-order chi connectivity index (χ1) is 14.2. The number of aliphatic carboxylic acids is 1. The largest absolute Gasteiger partial charge is 0.477 e. The molecule has 3 heterocycles. The van der Waals surface area contributed by atoms with Crippen LogP contribution in [0.5, 0.6) is 0 Å². The maximum absolute atomic E-state index is 12.4. The van der Waals surface area contributed by atoms with Crippen LogP contribution in [0.1, 0.15) is 12.6 Å². The minimum absolute atomic E-state index is 0.0444. The highest BCUT2D eigenvalue weighted by Crippen LogP contribution is 2.41. The van der Waals surface area contributed by atoms with Crippen LogP contribution in [0.25, 0.3) is 0 Å². The molecule has 30 heavy (non-hydrogen) atoms. The van der Waals surface area contributed by atoms with E-state index in [0.29, 0.717) is 12.1 Å². The molecule has 1 unspecified atom stereocenters. The number of anilines is 1. The van der Waals surface area contributed by atoms with Crippen molar-refractivity contribution >= 4 is 58.4 Å².